The minimum atomic E-state index is 0. The fourth-order valence-electron chi connectivity index (χ4n) is 3.84. The highest BCUT2D eigenvalue weighted by atomic mass is 127. The Hall–Kier alpha value is -1.03. The molecule has 1 heterocycles. The van der Waals surface area contributed by atoms with Crippen molar-refractivity contribution in [1.29, 1.82) is 0 Å². The van der Waals surface area contributed by atoms with Crippen LogP contribution < -0.4 is 20.9 Å². The Morgan fingerprint density at radius 2 is 1.82 bits per heavy atom. The Morgan fingerprint density at radius 3 is 2.50 bits per heavy atom. The van der Waals surface area contributed by atoms with Crippen LogP contribution in [0.5, 0.6) is 0 Å². The number of amides is 1. The van der Waals surface area contributed by atoms with Gasteiger partial charge in [-0.3, -0.25) is 9.79 Å². The molecule has 1 aliphatic heterocycles. The third kappa shape index (κ3) is 7.09. The first-order valence-corrected chi connectivity index (χ1v) is 10.7. The summed E-state index contributed by atoms with van der Waals surface area (Å²) >= 11 is 3.48. The Bertz CT molecular complexity index is 649. The molecule has 1 saturated carbocycles. The number of nitrogens with one attached hydrogen (secondary N) is 3. The van der Waals surface area contributed by atoms with Crippen LogP contribution in [0.1, 0.15) is 38.5 Å². The summed E-state index contributed by atoms with van der Waals surface area (Å²) < 4.78 is 1.09. The van der Waals surface area contributed by atoms with E-state index in [-0.39, 0.29) is 36.4 Å². The fraction of sp³-hybridized carbons (Fsp3) is 0.600. The van der Waals surface area contributed by atoms with Crippen molar-refractivity contribution in [3.63, 3.8) is 0 Å². The molecular formula is C20H31BrIN5O. The molecule has 8 heteroatoms. The first-order chi connectivity index (χ1) is 13.1. The van der Waals surface area contributed by atoms with Gasteiger partial charge in [-0.05, 0) is 43.5 Å². The van der Waals surface area contributed by atoms with Gasteiger partial charge in [-0.2, -0.15) is 0 Å². The predicted molar refractivity (Wildman–Crippen MR) is 130 cm³/mol. The van der Waals surface area contributed by atoms with Gasteiger partial charge < -0.3 is 20.9 Å². The SMILES string of the molecule is CN=C(NCC(=O)NC1CCCCC1)NC1CCN(c2ccc(Br)cc2)C1.I. The number of anilines is 1. The molecule has 3 N–H and O–H groups in total. The molecule has 1 amide bonds. The van der Waals surface area contributed by atoms with Gasteiger partial charge in [-0.1, -0.05) is 35.2 Å². The average Bonchev–Trinajstić information content (AvgIpc) is 3.15. The zero-order valence-electron chi connectivity index (χ0n) is 16.4. The number of guanidine groups is 1. The van der Waals surface area contributed by atoms with Crippen LogP contribution in [0.15, 0.2) is 33.7 Å². The van der Waals surface area contributed by atoms with Crippen molar-refractivity contribution in [1.82, 2.24) is 16.0 Å². The lowest BCUT2D eigenvalue weighted by Gasteiger charge is -2.23. The summed E-state index contributed by atoms with van der Waals surface area (Å²) in [6.07, 6.45) is 6.99. The molecule has 28 heavy (non-hydrogen) atoms. The van der Waals surface area contributed by atoms with Crippen molar-refractivity contribution in [3.8, 4) is 0 Å². The predicted octanol–water partition coefficient (Wildman–Crippen LogP) is 3.26. The van der Waals surface area contributed by atoms with E-state index in [2.05, 4.69) is 66.0 Å². The summed E-state index contributed by atoms with van der Waals surface area (Å²) in [5.74, 6) is 0.740. The maximum Gasteiger partial charge on any atom is 0.239 e. The number of aliphatic imine (C=N–C) groups is 1. The number of rotatable bonds is 5. The topological polar surface area (TPSA) is 68.8 Å². The summed E-state index contributed by atoms with van der Waals surface area (Å²) in [7, 11) is 1.75. The number of carbonyl (C=O) groups excluding carboxylic acids is 1. The number of halogens is 2. The molecule has 3 rings (SSSR count). The normalized spacial score (nSPS) is 20.4. The third-order valence-electron chi connectivity index (χ3n) is 5.33. The van der Waals surface area contributed by atoms with Crippen LogP contribution in [0, 0.1) is 0 Å². The van der Waals surface area contributed by atoms with Crippen molar-refractivity contribution in [3.05, 3.63) is 28.7 Å². The molecular weight excluding hydrogens is 533 g/mol. The van der Waals surface area contributed by atoms with Crippen molar-refractivity contribution < 1.29 is 4.79 Å². The Kier molecular flexibility index (Phi) is 9.84. The zero-order chi connectivity index (χ0) is 19.1. The van der Waals surface area contributed by atoms with Crippen molar-refractivity contribution in [2.24, 2.45) is 4.99 Å². The molecule has 2 fully saturated rings. The molecule has 2 aliphatic rings. The van der Waals surface area contributed by atoms with Crippen molar-refractivity contribution in [2.45, 2.75) is 50.6 Å². The minimum absolute atomic E-state index is 0. The maximum atomic E-state index is 12.2. The van der Waals surface area contributed by atoms with E-state index in [0.29, 0.717) is 18.0 Å². The smallest absolute Gasteiger partial charge is 0.239 e. The molecule has 0 radical (unpaired) electrons. The van der Waals surface area contributed by atoms with E-state index in [9.17, 15) is 4.79 Å². The molecule has 1 aromatic rings. The van der Waals surface area contributed by atoms with Gasteiger partial charge in [0.05, 0.1) is 6.54 Å². The van der Waals surface area contributed by atoms with Gasteiger partial charge in [0.1, 0.15) is 0 Å². The summed E-state index contributed by atoms with van der Waals surface area (Å²) in [5.41, 5.74) is 1.23. The van der Waals surface area contributed by atoms with Gasteiger partial charge >= 0.3 is 0 Å². The monoisotopic (exact) mass is 563 g/mol. The minimum Gasteiger partial charge on any atom is -0.369 e. The van der Waals surface area contributed by atoms with Crippen LogP contribution in [0.2, 0.25) is 0 Å². The quantitative estimate of drug-likeness (QED) is 0.292. The maximum absolute atomic E-state index is 12.2. The highest BCUT2D eigenvalue weighted by Crippen LogP contribution is 2.22. The molecule has 1 saturated heterocycles. The highest BCUT2D eigenvalue weighted by Gasteiger charge is 2.23. The fourth-order valence-corrected chi connectivity index (χ4v) is 4.11. The largest absolute Gasteiger partial charge is 0.369 e. The van der Waals surface area contributed by atoms with E-state index in [1.54, 1.807) is 7.05 Å². The molecule has 0 bridgehead atoms. The third-order valence-corrected chi connectivity index (χ3v) is 5.86. The van der Waals surface area contributed by atoms with E-state index in [1.807, 2.05) is 0 Å². The second-order valence-electron chi connectivity index (χ2n) is 7.38. The van der Waals surface area contributed by atoms with Crippen LogP contribution in [-0.4, -0.2) is 50.6 Å². The molecule has 6 nitrogen and oxygen atoms in total. The van der Waals surface area contributed by atoms with Gasteiger partial charge in [0.2, 0.25) is 5.91 Å². The van der Waals surface area contributed by atoms with Crippen molar-refractivity contribution in [2.75, 3.05) is 31.6 Å². The molecule has 0 aromatic heterocycles. The molecule has 1 aliphatic carbocycles. The lowest BCUT2D eigenvalue weighted by Crippen LogP contribution is -2.49. The Morgan fingerprint density at radius 1 is 1.11 bits per heavy atom. The van der Waals surface area contributed by atoms with Crippen LogP contribution in [0.25, 0.3) is 0 Å². The van der Waals surface area contributed by atoms with Gasteiger partial charge in [0.25, 0.3) is 0 Å². The molecule has 1 atom stereocenters. The van der Waals surface area contributed by atoms with E-state index < -0.39 is 0 Å². The van der Waals surface area contributed by atoms with E-state index >= 15 is 0 Å². The lowest BCUT2D eigenvalue weighted by molar-refractivity contribution is -0.120. The summed E-state index contributed by atoms with van der Waals surface area (Å²) in [6.45, 7) is 2.20. The standard InChI is InChI=1S/C20H30BrN5O.HI/c1-22-20(23-13-19(27)24-16-5-3-2-4-6-16)25-17-11-12-26(14-17)18-9-7-15(21)8-10-18;/h7-10,16-17H,2-6,11-14H2,1H3,(H,24,27)(H2,22,23,25);1H. The number of carbonyl (C=O) groups is 1. The van der Waals surface area contributed by atoms with E-state index in [0.717, 1.165) is 36.8 Å². The van der Waals surface area contributed by atoms with E-state index in [4.69, 9.17) is 0 Å². The second kappa shape index (κ2) is 11.8. The Balaban J connectivity index is 0.00000280. The molecule has 1 aromatic carbocycles. The molecule has 156 valence electrons. The van der Waals surface area contributed by atoms with Gasteiger partial charge in [-0.15, -0.1) is 24.0 Å². The van der Waals surface area contributed by atoms with Crippen LogP contribution in [-0.2, 0) is 4.79 Å². The first kappa shape index (κ1) is 23.3. The van der Waals surface area contributed by atoms with Crippen LogP contribution in [0.4, 0.5) is 5.69 Å². The van der Waals surface area contributed by atoms with Crippen molar-refractivity contribution >= 4 is 57.5 Å². The van der Waals surface area contributed by atoms with Gasteiger partial charge in [0, 0.05) is 42.4 Å². The Labute approximate surface area is 193 Å². The number of nitrogens with zero attached hydrogens (tertiary/aromatic N) is 2. The number of hydrogen-bond acceptors (Lipinski definition) is 3. The van der Waals surface area contributed by atoms with Gasteiger partial charge in [-0.25, -0.2) is 0 Å². The zero-order valence-corrected chi connectivity index (χ0v) is 20.3. The molecule has 0 spiro atoms. The van der Waals surface area contributed by atoms with Crippen LogP contribution in [0.3, 0.4) is 0 Å². The lowest BCUT2D eigenvalue weighted by atomic mass is 9.95. The van der Waals surface area contributed by atoms with Crippen LogP contribution >= 0.6 is 39.9 Å². The summed E-state index contributed by atoms with van der Waals surface area (Å²) in [5, 5.41) is 9.72. The number of hydrogen-bond donors (Lipinski definition) is 3. The van der Waals surface area contributed by atoms with Gasteiger partial charge in [0.15, 0.2) is 5.96 Å². The second-order valence-corrected chi connectivity index (χ2v) is 8.30. The summed E-state index contributed by atoms with van der Waals surface area (Å²) in [6, 6.07) is 9.08. The number of benzene rings is 1. The average molecular weight is 564 g/mol. The molecule has 1 unspecified atom stereocenters. The highest BCUT2D eigenvalue weighted by molar-refractivity contribution is 14.0. The summed E-state index contributed by atoms with van der Waals surface area (Å²) in [4.78, 5) is 18.8. The van der Waals surface area contributed by atoms with E-state index in [1.165, 1.54) is 24.9 Å². The first-order valence-electron chi connectivity index (χ1n) is 9.91.